The Kier molecular flexibility index (Phi) is 6.04. The van der Waals surface area contributed by atoms with Crippen LogP contribution in [0.1, 0.15) is 33.1 Å². The summed E-state index contributed by atoms with van der Waals surface area (Å²) >= 11 is 0. The first-order chi connectivity index (χ1) is 15.9. The lowest BCUT2D eigenvalue weighted by Crippen LogP contribution is -2.29. The number of hydrogen-bond acceptors (Lipinski definition) is 5. The third-order valence-electron chi connectivity index (χ3n) is 5.69. The second-order valence-corrected chi connectivity index (χ2v) is 7.60. The lowest BCUT2D eigenvalue weighted by Gasteiger charge is -2.27. The Morgan fingerprint density at radius 3 is 1.94 bits per heavy atom. The lowest BCUT2D eigenvalue weighted by atomic mass is 9.92. The number of rotatable bonds is 7. The zero-order chi connectivity index (χ0) is 23.5. The van der Waals surface area contributed by atoms with Crippen molar-refractivity contribution >= 4 is 17.4 Å². The number of ether oxygens (including phenoxy) is 2. The van der Waals surface area contributed by atoms with Crippen molar-refractivity contribution in [1.29, 1.82) is 0 Å². The third kappa shape index (κ3) is 4.25. The first-order valence-corrected chi connectivity index (χ1v) is 10.3. The Morgan fingerprint density at radius 2 is 1.42 bits per heavy atom. The maximum atomic E-state index is 13.2. The topological polar surface area (TPSA) is 96.3 Å². The second kappa shape index (κ2) is 9.08. The molecule has 0 fully saturated rings. The summed E-state index contributed by atoms with van der Waals surface area (Å²) < 4.78 is 10.4. The molecule has 0 radical (unpaired) electrons. The summed E-state index contributed by atoms with van der Waals surface area (Å²) in [4.78, 5) is 26.1. The number of carboxylic acid groups (broad SMARTS) is 1. The number of hydrogen-bond donors (Lipinski definition) is 2. The van der Waals surface area contributed by atoms with Crippen LogP contribution in [0.25, 0.3) is 5.57 Å². The molecular formula is C26H23NO6. The van der Waals surface area contributed by atoms with Crippen molar-refractivity contribution < 1.29 is 29.3 Å². The maximum Gasteiger partial charge on any atom is 0.335 e. The average molecular weight is 445 g/mol. The highest BCUT2D eigenvalue weighted by Crippen LogP contribution is 2.44. The van der Waals surface area contributed by atoms with Crippen LogP contribution < -0.4 is 9.47 Å². The van der Waals surface area contributed by atoms with Crippen LogP contribution >= 0.6 is 0 Å². The van der Waals surface area contributed by atoms with E-state index in [4.69, 9.17) is 9.47 Å². The van der Waals surface area contributed by atoms with E-state index in [0.29, 0.717) is 28.2 Å². The van der Waals surface area contributed by atoms with Gasteiger partial charge in [0.2, 0.25) is 0 Å². The molecule has 7 nitrogen and oxygen atoms in total. The van der Waals surface area contributed by atoms with Crippen molar-refractivity contribution in [3.63, 3.8) is 0 Å². The molecule has 1 unspecified atom stereocenters. The van der Waals surface area contributed by atoms with Gasteiger partial charge in [0.1, 0.15) is 11.5 Å². The summed E-state index contributed by atoms with van der Waals surface area (Å²) in [5.74, 6) is -0.509. The minimum atomic E-state index is -1.03. The summed E-state index contributed by atoms with van der Waals surface area (Å²) in [5.41, 5.74) is 2.83. The minimum absolute atomic E-state index is 0.143. The molecule has 1 aliphatic heterocycles. The van der Waals surface area contributed by atoms with Crippen LogP contribution in [0.2, 0.25) is 0 Å². The molecule has 3 aromatic carbocycles. The normalized spacial score (nSPS) is 15.6. The standard InChI is InChI=1S/C26H23NO6/c1-32-20-11-3-16(4-12-20)15-27-23(18-5-7-19(8-6-18)26(30)31)22(24(28)25(27)29)17-9-13-21(33-2)14-10-17/h3-14,23,28H,15H2,1-2H3,(H,30,31). The molecule has 1 heterocycles. The molecule has 0 bridgehead atoms. The number of aliphatic hydroxyl groups is 1. The molecule has 0 saturated heterocycles. The molecule has 0 saturated carbocycles. The molecular weight excluding hydrogens is 422 g/mol. The quantitative estimate of drug-likeness (QED) is 0.558. The van der Waals surface area contributed by atoms with Gasteiger partial charge >= 0.3 is 5.97 Å². The highest BCUT2D eigenvalue weighted by Gasteiger charge is 2.41. The number of aromatic carboxylic acids is 1. The first-order valence-electron chi connectivity index (χ1n) is 10.3. The van der Waals surface area contributed by atoms with Crippen LogP contribution in [0.3, 0.4) is 0 Å². The van der Waals surface area contributed by atoms with Gasteiger partial charge in [0, 0.05) is 12.1 Å². The van der Waals surface area contributed by atoms with E-state index in [9.17, 15) is 19.8 Å². The van der Waals surface area contributed by atoms with E-state index >= 15 is 0 Å². The number of carbonyl (C=O) groups excluding carboxylic acids is 1. The summed E-state index contributed by atoms with van der Waals surface area (Å²) in [6.45, 7) is 0.248. The van der Waals surface area contributed by atoms with Crippen molar-refractivity contribution in [2.24, 2.45) is 0 Å². The zero-order valence-electron chi connectivity index (χ0n) is 18.2. The van der Waals surface area contributed by atoms with E-state index in [2.05, 4.69) is 0 Å². The van der Waals surface area contributed by atoms with Crippen molar-refractivity contribution in [1.82, 2.24) is 4.90 Å². The molecule has 7 heteroatoms. The Bertz CT molecular complexity index is 1200. The van der Waals surface area contributed by atoms with Crippen molar-refractivity contribution in [3.05, 3.63) is 101 Å². The van der Waals surface area contributed by atoms with Gasteiger partial charge in [0.05, 0.1) is 25.8 Å². The largest absolute Gasteiger partial charge is 0.503 e. The Hall–Kier alpha value is -4.26. The number of nitrogens with zero attached hydrogens (tertiary/aromatic N) is 1. The second-order valence-electron chi connectivity index (χ2n) is 7.60. The highest BCUT2D eigenvalue weighted by atomic mass is 16.5. The highest BCUT2D eigenvalue weighted by molar-refractivity contribution is 6.05. The van der Waals surface area contributed by atoms with Gasteiger partial charge in [-0.15, -0.1) is 0 Å². The summed E-state index contributed by atoms with van der Waals surface area (Å²) in [5, 5.41) is 20.1. The molecule has 1 aliphatic rings. The number of amides is 1. The molecule has 2 N–H and O–H groups in total. The predicted octanol–water partition coefficient (Wildman–Crippen LogP) is 4.45. The van der Waals surface area contributed by atoms with Gasteiger partial charge in [-0.05, 0) is 53.1 Å². The number of benzene rings is 3. The van der Waals surface area contributed by atoms with Crippen LogP contribution in [0, 0.1) is 0 Å². The molecule has 168 valence electrons. The Labute approximate surface area is 191 Å². The van der Waals surface area contributed by atoms with Gasteiger partial charge in [0.15, 0.2) is 5.76 Å². The number of methoxy groups -OCH3 is 2. The maximum absolute atomic E-state index is 13.2. The van der Waals surface area contributed by atoms with Gasteiger partial charge < -0.3 is 24.6 Å². The van der Waals surface area contributed by atoms with E-state index in [1.54, 1.807) is 55.5 Å². The molecule has 4 rings (SSSR count). The number of carboxylic acids is 1. The van der Waals surface area contributed by atoms with Gasteiger partial charge in [0.25, 0.3) is 5.91 Å². The van der Waals surface area contributed by atoms with Crippen LogP contribution in [-0.2, 0) is 11.3 Å². The lowest BCUT2D eigenvalue weighted by molar-refractivity contribution is -0.130. The van der Waals surface area contributed by atoms with E-state index in [-0.39, 0.29) is 17.9 Å². The van der Waals surface area contributed by atoms with Gasteiger partial charge in [-0.1, -0.05) is 36.4 Å². The van der Waals surface area contributed by atoms with Crippen LogP contribution in [0.4, 0.5) is 0 Å². The fourth-order valence-corrected chi connectivity index (χ4v) is 3.96. The number of carbonyl (C=O) groups is 2. The van der Waals surface area contributed by atoms with Crippen molar-refractivity contribution in [2.75, 3.05) is 14.2 Å². The molecule has 1 amide bonds. The predicted molar refractivity (Wildman–Crippen MR) is 122 cm³/mol. The molecule has 0 spiro atoms. The fourth-order valence-electron chi connectivity index (χ4n) is 3.96. The zero-order valence-corrected chi connectivity index (χ0v) is 18.2. The van der Waals surface area contributed by atoms with E-state index in [1.807, 2.05) is 24.3 Å². The monoisotopic (exact) mass is 445 g/mol. The Balaban J connectivity index is 1.77. The fraction of sp³-hybridized carbons (Fsp3) is 0.154. The van der Waals surface area contributed by atoms with E-state index in [0.717, 1.165) is 5.56 Å². The van der Waals surface area contributed by atoms with Gasteiger partial charge in [-0.25, -0.2) is 4.79 Å². The average Bonchev–Trinajstić information content (AvgIpc) is 3.09. The molecule has 33 heavy (non-hydrogen) atoms. The van der Waals surface area contributed by atoms with Crippen molar-refractivity contribution in [2.45, 2.75) is 12.6 Å². The molecule has 1 atom stereocenters. The van der Waals surface area contributed by atoms with E-state index in [1.165, 1.54) is 12.1 Å². The van der Waals surface area contributed by atoms with E-state index < -0.39 is 17.9 Å². The summed E-state index contributed by atoms with van der Waals surface area (Å²) in [6.07, 6.45) is 0. The van der Waals surface area contributed by atoms with Gasteiger partial charge in [-0.2, -0.15) is 0 Å². The molecule has 0 aliphatic carbocycles. The van der Waals surface area contributed by atoms with Crippen LogP contribution in [-0.4, -0.2) is 41.2 Å². The van der Waals surface area contributed by atoms with Gasteiger partial charge in [-0.3, -0.25) is 4.79 Å². The van der Waals surface area contributed by atoms with Crippen LogP contribution in [0.15, 0.2) is 78.6 Å². The smallest absolute Gasteiger partial charge is 0.335 e. The SMILES string of the molecule is COc1ccc(CN2C(=O)C(O)=C(c3ccc(OC)cc3)C2c2ccc(C(=O)O)cc2)cc1. The summed E-state index contributed by atoms with van der Waals surface area (Å²) in [7, 11) is 3.15. The third-order valence-corrected chi connectivity index (χ3v) is 5.69. The Morgan fingerprint density at radius 1 is 0.879 bits per heavy atom. The number of aliphatic hydroxyl groups excluding tert-OH is 1. The van der Waals surface area contributed by atoms with Crippen LogP contribution in [0.5, 0.6) is 11.5 Å². The molecule has 3 aromatic rings. The van der Waals surface area contributed by atoms with Crippen molar-refractivity contribution in [3.8, 4) is 11.5 Å². The first kappa shape index (κ1) is 22.0. The summed E-state index contributed by atoms with van der Waals surface area (Å²) in [6, 6.07) is 20.2. The molecule has 0 aromatic heterocycles. The minimum Gasteiger partial charge on any atom is -0.503 e.